The van der Waals surface area contributed by atoms with Gasteiger partial charge in [0.05, 0.1) is 0 Å². The summed E-state index contributed by atoms with van der Waals surface area (Å²) in [7, 11) is 0. The van der Waals surface area contributed by atoms with Crippen LogP contribution in [-0.2, 0) is 6.42 Å². The molecule has 4 rings (SSSR count). The van der Waals surface area contributed by atoms with E-state index in [0.29, 0.717) is 0 Å². The van der Waals surface area contributed by atoms with Gasteiger partial charge in [-0.25, -0.2) is 0 Å². The maximum atomic E-state index is 2.44. The van der Waals surface area contributed by atoms with Crippen LogP contribution < -0.4 is 0 Å². The van der Waals surface area contributed by atoms with Gasteiger partial charge in [0.15, 0.2) is 0 Å². The number of rotatable bonds is 5. The Morgan fingerprint density at radius 2 is 1.59 bits per heavy atom. The Hall–Kier alpha value is -1.30. The highest BCUT2D eigenvalue weighted by atomic mass is 14.4. The van der Waals surface area contributed by atoms with Gasteiger partial charge in [-0.1, -0.05) is 74.6 Å². The molecule has 0 aliphatic heterocycles. The van der Waals surface area contributed by atoms with Crippen LogP contribution in [0.2, 0.25) is 0 Å². The van der Waals surface area contributed by atoms with Crippen LogP contribution in [0.4, 0.5) is 0 Å². The van der Waals surface area contributed by atoms with Crippen LogP contribution in [-0.4, -0.2) is 0 Å². The molecule has 0 nitrogen and oxygen atoms in total. The van der Waals surface area contributed by atoms with Crippen molar-refractivity contribution in [1.82, 2.24) is 0 Å². The van der Waals surface area contributed by atoms with Crippen molar-refractivity contribution in [2.24, 2.45) is 17.8 Å². The molecular formula is C22H28. The molecular weight excluding hydrogens is 264 g/mol. The van der Waals surface area contributed by atoms with E-state index in [1.54, 1.807) is 5.56 Å². The third-order valence-corrected chi connectivity index (χ3v) is 5.96. The first-order chi connectivity index (χ1) is 10.9. The molecule has 0 aromatic heterocycles. The Morgan fingerprint density at radius 1 is 0.818 bits per heavy atom. The predicted molar refractivity (Wildman–Crippen MR) is 95.1 cm³/mol. The molecule has 0 N–H and O–H groups in total. The maximum absolute atomic E-state index is 2.44. The van der Waals surface area contributed by atoms with Crippen LogP contribution in [0, 0.1) is 17.8 Å². The molecule has 0 radical (unpaired) electrons. The highest BCUT2D eigenvalue weighted by Gasteiger charge is 2.33. The van der Waals surface area contributed by atoms with Crippen molar-refractivity contribution in [1.29, 1.82) is 0 Å². The SMILES string of the molecule is c1ccc2cc(CC(CC3CCCCC3)C3CC3)ccc2c1. The van der Waals surface area contributed by atoms with Gasteiger partial charge in [0.1, 0.15) is 0 Å². The smallest absolute Gasteiger partial charge is 0.0181 e. The summed E-state index contributed by atoms with van der Waals surface area (Å²) in [5, 5.41) is 2.79. The van der Waals surface area contributed by atoms with E-state index in [4.69, 9.17) is 0 Å². The van der Waals surface area contributed by atoms with E-state index in [-0.39, 0.29) is 0 Å². The molecule has 2 saturated carbocycles. The van der Waals surface area contributed by atoms with E-state index in [2.05, 4.69) is 42.5 Å². The minimum Gasteiger partial charge on any atom is -0.0616 e. The molecule has 2 aromatic carbocycles. The zero-order valence-corrected chi connectivity index (χ0v) is 13.6. The van der Waals surface area contributed by atoms with Gasteiger partial charge in [0.2, 0.25) is 0 Å². The average Bonchev–Trinajstić information content (AvgIpc) is 3.40. The third kappa shape index (κ3) is 3.37. The highest BCUT2D eigenvalue weighted by molar-refractivity contribution is 5.82. The largest absolute Gasteiger partial charge is 0.0616 e. The van der Waals surface area contributed by atoms with E-state index in [1.807, 2.05) is 0 Å². The Bertz CT molecular complexity index is 617. The van der Waals surface area contributed by atoms with E-state index >= 15 is 0 Å². The minimum absolute atomic E-state index is 0.948. The average molecular weight is 292 g/mol. The summed E-state index contributed by atoms with van der Waals surface area (Å²) in [5.41, 5.74) is 1.56. The fraction of sp³-hybridized carbons (Fsp3) is 0.545. The van der Waals surface area contributed by atoms with Crippen molar-refractivity contribution in [3.8, 4) is 0 Å². The number of fused-ring (bicyclic) bond motifs is 1. The Balaban J connectivity index is 1.47. The van der Waals surface area contributed by atoms with E-state index in [1.165, 1.54) is 68.6 Å². The lowest BCUT2D eigenvalue weighted by atomic mass is 9.79. The van der Waals surface area contributed by atoms with Gasteiger partial charge in [-0.15, -0.1) is 0 Å². The third-order valence-electron chi connectivity index (χ3n) is 5.96. The van der Waals surface area contributed by atoms with Crippen molar-refractivity contribution in [3.63, 3.8) is 0 Å². The molecule has 2 aromatic rings. The molecule has 22 heavy (non-hydrogen) atoms. The Labute approximate surface area is 134 Å². The molecule has 0 saturated heterocycles. The molecule has 1 unspecified atom stereocenters. The molecule has 2 aliphatic rings. The van der Waals surface area contributed by atoms with Gasteiger partial charge < -0.3 is 0 Å². The van der Waals surface area contributed by atoms with Crippen molar-refractivity contribution in [2.45, 2.75) is 57.8 Å². The molecule has 0 spiro atoms. The van der Waals surface area contributed by atoms with Crippen LogP contribution in [0.5, 0.6) is 0 Å². The number of hydrogen-bond acceptors (Lipinski definition) is 0. The second-order valence-corrected chi connectivity index (χ2v) is 7.72. The predicted octanol–water partition coefficient (Wildman–Crippen LogP) is 6.38. The fourth-order valence-electron chi connectivity index (χ4n) is 4.53. The Morgan fingerprint density at radius 3 is 2.36 bits per heavy atom. The maximum Gasteiger partial charge on any atom is -0.0181 e. The molecule has 0 heteroatoms. The second-order valence-electron chi connectivity index (χ2n) is 7.72. The van der Waals surface area contributed by atoms with Gasteiger partial charge in [0.25, 0.3) is 0 Å². The lowest BCUT2D eigenvalue weighted by molar-refractivity contribution is 0.269. The summed E-state index contributed by atoms with van der Waals surface area (Å²) in [5.74, 6) is 3.01. The van der Waals surface area contributed by atoms with E-state index in [9.17, 15) is 0 Å². The first-order valence-corrected chi connectivity index (χ1v) is 9.36. The molecule has 0 bridgehead atoms. The van der Waals surface area contributed by atoms with E-state index in [0.717, 1.165) is 17.8 Å². The summed E-state index contributed by atoms with van der Waals surface area (Å²) in [4.78, 5) is 0. The van der Waals surface area contributed by atoms with Gasteiger partial charge in [-0.05, 0) is 59.8 Å². The van der Waals surface area contributed by atoms with E-state index < -0.39 is 0 Å². The standard InChI is InChI=1S/C22H28/c1-2-6-17(7-3-1)14-22(20-12-13-20)16-18-10-11-19-8-4-5-9-21(19)15-18/h4-5,8-11,15,17,20,22H,1-3,6-7,12-14,16H2. The zero-order valence-electron chi connectivity index (χ0n) is 13.6. The summed E-state index contributed by atoms with van der Waals surface area (Å²) < 4.78 is 0. The van der Waals surface area contributed by atoms with Gasteiger partial charge in [-0.3, -0.25) is 0 Å². The summed E-state index contributed by atoms with van der Waals surface area (Å²) in [6.45, 7) is 0. The first-order valence-electron chi connectivity index (χ1n) is 9.36. The molecule has 0 heterocycles. The first kappa shape index (κ1) is 14.3. The van der Waals surface area contributed by atoms with Crippen LogP contribution in [0.15, 0.2) is 42.5 Å². The molecule has 2 aliphatic carbocycles. The van der Waals surface area contributed by atoms with Crippen LogP contribution in [0.1, 0.15) is 56.9 Å². The quantitative estimate of drug-likeness (QED) is 0.600. The summed E-state index contributed by atoms with van der Waals surface area (Å²) in [6, 6.07) is 15.9. The van der Waals surface area contributed by atoms with Crippen molar-refractivity contribution in [2.75, 3.05) is 0 Å². The number of benzene rings is 2. The molecule has 116 valence electrons. The molecule has 2 fully saturated rings. The zero-order chi connectivity index (χ0) is 14.8. The summed E-state index contributed by atoms with van der Waals surface area (Å²) in [6.07, 6.45) is 13.2. The monoisotopic (exact) mass is 292 g/mol. The second kappa shape index (κ2) is 6.44. The van der Waals surface area contributed by atoms with Crippen molar-refractivity contribution >= 4 is 10.8 Å². The molecule has 1 atom stereocenters. The van der Waals surface area contributed by atoms with Crippen molar-refractivity contribution in [3.05, 3.63) is 48.0 Å². The fourth-order valence-corrected chi connectivity index (χ4v) is 4.53. The van der Waals surface area contributed by atoms with Crippen LogP contribution >= 0.6 is 0 Å². The Kier molecular flexibility index (Phi) is 4.19. The normalized spacial score (nSPS) is 21.1. The van der Waals surface area contributed by atoms with Crippen molar-refractivity contribution < 1.29 is 0 Å². The lowest BCUT2D eigenvalue weighted by Gasteiger charge is -2.26. The summed E-state index contributed by atoms with van der Waals surface area (Å²) >= 11 is 0. The topological polar surface area (TPSA) is 0 Å². The minimum atomic E-state index is 0.948. The lowest BCUT2D eigenvalue weighted by Crippen LogP contribution is -2.16. The van der Waals surface area contributed by atoms with Crippen LogP contribution in [0.25, 0.3) is 10.8 Å². The van der Waals surface area contributed by atoms with Crippen LogP contribution in [0.3, 0.4) is 0 Å². The molecule has 0 amide bonds. The number of hydrogen-bond donors (Lipinski definition) is 0. The van der Waals surface area contributed by atoms with Gasteiger partial charge >= 0.3 is 0 Å². The van der Waals surface area contributed by atoms with Gasteiger partial charge in [0, 0.05) is 0 Å². The highest BCUT2D eigenvalue weighted by Crippen LogP contribution is 2.43. The van der Waals surface area contributed by atoms with Gasteiger partial charge in [-0.2, -0.15) is 0 Å².